The number of nitrogens with two attached hydrogens (primary N) is 1. The number of amides is 1. The number of halogens is 1. The predicted octanol–water partition coefficient (Wildman–Crippen LogP) is 1.23. The second kappa shape index (κ2) is 6.00. The van der Waals surface area contributed by atoms with Gasteiger partial charge in [-0.25, -0.2) is 0 Å². The van der Waals surface area contributed by atoms with Crippen molar-refractivity contribution in [3.05, 3.63) is 11.6 Å². The summed E-state index contributed by atoms with van der Waals surface area (Å²) in [6.07, 6.45) is 0.335. The van der Waals surface area contributed by atoms with Crippen molar-refractivity contribution in [2.24, 2.45) is 11.7 Å². The Balaban J connectivity index is 3.68. The van der Waals surface area contributed by atoms with Gasteiger partial charge in [-0.05, 0) is 5.92 Å². The lowest BCUT2D eigenvalue weighted by Crippen LogP contribution is -2.35. The number of nitrogens with one attached hydrogen (secondary N) is 1. The van der Waals surface area contributed by atoms with E-state index in [1.165, 1.54) is 0 Å². The summed E-state index contributed by atoms with van der Waals surface area (Å²) in [7, 11) is 0. The van der Waals surface area contributed by atoms with E-state index >= 15 is 0 Å². The van der Waals surface area contributed by atoms with Crippen molar-refractivity contribution in [1.82, 2.24) is 5.32 Å². The van der Waals surface area contributed by atoms with Crippen LogP contribution in [0.25, 0.3) is 0 Å². The second-order valence-corrected chi connectivity index (χ2v) is 3.94. The molecule has 0 aromatic rings. The fraction of sp³-hybridized carbons (Fsp3) is 0.667. The monoisotopic (exact) mass is 204 g/mol. The highest BCUT2D eigenvalue weighted by Crippen LogP contribution is 2.02. The number of hydrogen-bond donors (Lipinski definition) is 2. The predicted molar refractivity (Wildman–Crippen MR) is 55.4 cm³/mol. The van der Waals surface area contributed by atoms with Crippen molar-refractivity contribution in [1.29, 1.82) is 0 Å². The first-order chi connectivity index (χ1) is 5.93. The quantitative estimate of drug-likeness (QED) is 0.708. The van der Waals surface area contributed by atoms with Gasteiger partial charge >= 0.3 is 0 Å². The van der Waals surface area contributed by atoms with Crippen LogP contribution in [0.1, 0.15) is 20.3 Å². The molecule has 0 aromatic carbocycles. The highest BCUT2D eigenvalue weighted by atomic mass is 35.5. The van der Waals surface area contributed by atoms with Gasteiger partial charge in [-0.3, -0.25) is 4.79 Å². The first-order valence-corrected chi connectivity index (χ1v) is 4.66. The molecule has 3 nitrogen and oxygen atoms in total. The van der Waals surface area contributed by atoms with Crippen molar-refractivity contribution < 1.29 is 4.79 Å². The highest BCUT2D eigenvalue weighted by Gasteiger charge is 2.12. The largest absolute Gasteiger partial charge is 0.351 e. The van der Waals surface area contributed by atoms with Gasteiger partial charge in [0.1, 0.15) is 0 Å². The molecule has 0 rings (SSSR count). The Morgan fingerprint density at radius 1 is 1.62 bits per heavy atom. The topological polar surface area (TPSA) is 55.1 Å². The zero-order chi connectivity index (χ0) is 10.4. The number of carbonyl (C=O) groups is 1. The molecule has 0 aliphatic carbocycles. The van der Waals surface area contributed by atoms with Crippen molar-refractivity contribution in [3.8, 4) is 0 Å². The minimum Gasteiger partial charge on any atom is -0.351 e. The van der Waals surface area contributed by atoms with E-state index in [1.54, 1.807) is 0 Å². The maximum atomic E-state index is 11.2. The molecule has 0 aliphatic rings. The van der Waals surface area contributed by atoms with E-state index in [-0.39, 0.29) is 11.9 Å². The standard InChI is InChI=1S/C9H17ClN2O/c1-6(2)8(11)4-9(13)12-5-7(3)10/h6,8H,3-5,11H2,1-2H3,(H,12,13). The lowest BCUT2D eigenvalue weighted by atomic mass is 10.0. The summed E-state index contributed by atoms with van der Waals surface area (Å²) in [5.41, 5.74) is 5.71. The van der Waals surface area contributed by atoms with Crippen LogP contribution in [0.2, 0.25) is 0 Å². The third kappa shape index (κ3) is 6.61. The highest BCUT2D eigenvalue weighted by molar-refractivity contribution is 6.29. The van der Waals surface area contributed by atoms with E-state index in [9.17, 15) is 4.79 Å². The molecule has 0 aromatic heterocycles. The van der Waals surface area contributed by atoms with Gasteiger partial charge in [-0.2, -0.15) is 0 Å². The summed E-state index contributed by atoms with van der Waals surface area (Å²) in [5, 5.41) is 3.04. The molecule has 0 aliphatic heterocycles. The first kappa shape index (κ1) is 12.5. The van der Waals surface area contributed by atoms with Gasteiger partial charge in [-0.15, -0.1) is 0 Å². The van der Waals surface area contributed by atoms with Gasteiger partial charge in [0.15, 0.2) is 0 Å². The number of rotatable bonds is 5. The van der Waals surface area contributed by atoms with E-state index in [0.29, 0.717) is 23.9 Å². The van der Waals surface area contributed by atoms with Gasteiger partial charge in [0.05, 0.1) is 6.54 Å². The zero-order valence-electron chi connectivity index (χ0n) is 8.14. The van der Waals surface area contributed by atoms with Crippen LogP contribution in [-0.4, -0.2) is 18.5 Å². The van der Waals surface area contributed by atoms with Gasteiger partial charge in [0, 0.05) is 17.5 Å². The summed E-state index contributed by atoms with van der Waals surface area (Å²) in [5.74, 6) is 0.230. The maximum Gasteiger partial charge on any atom is 0.221 e. The van der Waals surface area contributed by atoms with Crippen LogP contribution in [0.3, 0.4) is 0 Å². The fourth-order valence-electron chi connectivity index (χ4n) is 0.716. The summed E-state index contributed by atoms with van der Waals surface area (Å²) in [6.45, 7) is 7.74. The molecule has 0 bridgehead atoms. The molecule has 1 atom stereocenters. The molecular weight excluding hydrogens is 188 g/mol. The Morgan fingerprint density at radius 2 is 2.15 bits per heavy atom. The number of hydrogen-bond acceptors (Lipinski definition) is 2. The first-order valence-electron chi connectivity index (χ1n) is 4.29. The smallest absolute Gasteiger partial charge is 0.221 e. The molecule has 0 heterocycles. The minimum atomic E-state index is -0.0939. The Labute approximate surface area is 84.3 Å². The molecule has 76 valence electrons. The molecule has 1 amide bonds. The molecule has 0 saturated carbocycles. The van der Waals surface area contributed by atoms with Crippen molar-refractivity contribution in [3.63, 3.8) is 0 Å². The van der Waals surface area contributed by atoms with Crippen LogP contribution >= 0.6 is 11.6 Å². The van der Waals surface area contributed by atoms with Gasteiger partial charge in [-0.1, -0.05) is 32.0 Å². The van der Waals surface area contributed by atoms with E-state index in [1.807, 2.05) is 13.8 Å². The third-order valence-corrected chi connectivity index (χ3v) is 1.89. The molecule has 0 fully saturated rings. The van der Waals surface area contributed by atoms with Crippen molar-refractivity contribution in [2.75, 3.05) is 6.54 Å². The summed E-state index contributed by atoms with van der Waals surface area (Å²) >= 11 is 5.48. The SMILES string of the molecule is C=C(Cl)CNC(=O)CC(N)C(C)C. The van der Waals surface area contributed by atoms with Crippen LogP contribution in [0, 0.1) is 5.92 Å². The van der Waals surface area contributed by atoms with Crippen LogP contribution in [0.15, 0.2) is 11.6 Å². The molecule has 13 heavy (non-hydrogen) atoms. The minimum absolute atomic E-state index is 0.0806. The zero-order valence-corrected chi connectivity index (χ0v) is 8.90. The Hall–Kier alpha value is -0.540. The Kier molecular flexibility index (Phi) is 5.75. The summed E-state index contributed by atoms with van der Waals surface area (Å²) < 4.78 is 0. The van der Waals surface area contributed by atoms with E-state index in [4.69, 9.17) is 17.3 Å². The summed E-state index contributed by atoms with van der Waals surface area (Å²) in [4.78, 5) is 11.2. The fourth-order valence-corrected chi connectivity index (χ4v) is 0.783. The Bertz CT molecular complexity index is 192. The van der Waals surface area contributed by atoms with E-state index in [0.717, 1.165) is 0 Å². The van der Waals surface area contributed by atoms with E-state index in [2.05, 4.69) is 11.9 Å². The van der Waals surface area contributed by atoms with Crippen molar-refractivity contribution >= 4 is 17.5 Å². The molecule has 4 heteroatoms. The lowest BCUT2D eigenvalue weighted by molar-refractivity contribution is -0.121. The van der Waals surface area contributed by atoms with Crippen LogP contribution in [-0.2, 0) is 4.79 Å². The molecular formula is C9H17ClN2O. The lowest BCUT2D eigenvalue weighted by Gasteiger charge is -2.14. The number of carbonyl (C=O) groups excluding carboxylic acids is 1. The molecule has 1 unspecified atom stereocenters. The molecule has 0 saturated heterocycles. The van der Waals surface area contributed by atoms with E-state index < -0.39 is 0 Å². The van der Waals surface area contributed by atoms with Crippen LogP contribution in [0.5, 0.6) is 0 Å². The summed E-state index contributed by atoms with van der Waals surface area (Å²) in [6, 6.07) is -0.0939. The van der Waals surface area contributed by atoms with Gasteiger partial charge in [0.2, 0.25) is 5.91 Å². The molecule has 3 N–H and O–H groups in total. The average molecular weight is 205 g/mol. The van der Waals surface area contributed by atoms with Gasteiger partial charge in [0.25, 0.3) is 0 Å². The average Bonchev–Trinajstić information content (AvgIpc) is 2.00. The maximum absolute atomic E-state index is 11.2. The normalized spacial score (nSPS) is 12.7. The Morgan fingerprint density at radius 3 is 2.54 bits per heavy atom. The molecule has 0 radical (unpaired) electrons. The van der Waals surface area contributed by atoms with Crippen LogP contribution in [0.4, 0.5) is 0 Å². The van der Waals surface area contributed by atoms with Crippen LogP contribution < -0.4 is 11.1 Å². The van der Waals surface area contributed by atoms with Gasteiger partial charge < -0.3 is 11.1 Å². The second-order valence-electron chi connectivity index (χ2n) is 3.41. The van der Waals surface area contributed by atoms with Crippen molar-refractivity contribution in [2.45, 2.75) is 26.3 Å². The third-order valence-electron chi connectivity index (χ3n) is 1.75. The molecule has 0 spiro atoms.